The van der Waals surface area contributed by atoms with Crippen molar-refractivity contribution in [3.8, 4) is 5.75 Å². The van der Waals surface area contributed by atoms with Crippen molar-refractivity contribution < 1.29 is 19.3 Å². The zero-order valence-corrected chi connectivity index (χ0v) is 15.8. The first-order valence-electron chi connectivity index (χ1n) is 8.98. The van der Waals surface area contributed by atoms with Gasteiger partial charge in [-0.25, -0.2) is 0 Å². The van der Waals surface area contributed by atoms with E-state index in [1.165, 1.54) is 10.5 Å². The summed E-state index contributed by atoms with van der Waals surface area (Å²) in [5.41, 5.74) is 2.12. The summed E-state index contributed by atoms with van der Waals surface area (Å²) in [6.45, 7) is 5.71. The van der Waals surface area contributed by atoms with E-state index >= 15 is 0 Å². The lowest BCUT2D eigenvalue weighted by molar-refractivity contribution is -1.02. The van der Waals surface area contributed by atoms with Crippen LogP contribution in [0.2, 0.25) is 5.02 Å². The number of quaternary nitrogens is 2. The molecular formula is C20H26ClN3O2+2. The van der Waals surface area contributed by atoms with Gasteiger partial charge in [-0.05, 0) is 36.4 Å². The van der Waals surface area contributed by atoms with Crippen LogP contribution in [0, 0.1) is 0 Å². The molecule has 26 heavy (non-hydrogen) atoms. The molecule has 1 heterocycles. The molecule has 138 valence electrons. The number of nitrogens with one attached hydrogen (secondary N) is 3. The minimum absolute atomic E-state index is 0.0614. The van der Waals surface area contributed by atoms with Crippen LogP contribution in [-0.2, 0) is 11.3 Å². The molecule has 2 aromatic carbocycles. The van der Waals surface area contributed by atoms with Gasteiger partial charge >= 0.3 is 0 Å². The lowest BCUT2D eigenvalue weighted by atomic mass is 10.2. The van der Waals surface area contributed by atoms with Crippen molar-refractivity contribution in [1.82, 2.24) is 0 Å². The van der Waals surface area contributed by atoms with Gasteiger partial charge in [-0.15, -0.1) is 0 Å². The number of carbonyl (C=O) groups is 1. The summed E-state index contributed by atoms with van der Waals surface area (Å²) in [5.74, 6) is 0.847. The molecule has 0 radical (unpaired) electrons. The predicted molar refractivity (Wildman–Crippen MR) is 103 cm³/mol. The summed E-state index contributed by atoms with van der Waals surface area (Å²) in [6.07, 6.45) is 0. The molecule has 0 atom stereocenters. The van der Waals surface area contributed by atoms with E-state index in [-0.39, 0.29) is 5.91 Å². The highest BCUT2D eigenvalue weighted by Crippen LogP contribution is 2.14. The van der Waals surface area contributed by atoms with E-state index in [1.807, 2.05) is 36.4 Å². The number of rotatable bonds is 6. The molecule has 1 aliphatic heterocycles. The molecule has 0 unspecified atom stereocenters. The van der Waals surface area contributed by atoms with Crippen LogP contribution in [0.25, 0.3) is 0 Å². The largest absolute Gasteiger partial charge is 0.497 e. The molecule has 3 rings (SSSR count). The lowest BCUT2D eigenvalue weighted by Crippen LogP contribution is -3.28. The van der Waals surface area contributed by atoms with Gasteiger partial charge in [-0.2, -0.15) is 0 Å². The number of methoxy groups -OCH3 is 1. The summed E-state index contributed by atoms with van der Waals surface area (Å²) < 4.78 is 5.13. The fraction of sp³-hybridized carbons (Fsp3) is 0.350. The molecule has 6 heteroatoms. The number of benzene rings is 2. The minimum Gasteiger partial charge on any atom is -0.497 e. The Bertz CT molecular complexity index is 711. The molecule has 0 spiro atoms. The van der Waals surface area contributed by atoms with E-state index in [0.29, 0.717) is 6.54 Å². The Morgan fingerprint density at radius 3 is 2.23 bits per heavy atom. The average Bonchev–Trinajstić information content (AvgIpc) is 2.66. The molecule has 1 aliphatic rings. The van der Waals surface area contributed by atoms with Gasteiger partial charge in [0.15, 0.2) is 6.54 Å². The first kappa shape index (κ1) is 18.7. The summed E-state index contributed by atoms with van der Waals surface area (Å²) in [6, 6.07) is 15.5. The highest BCUT2D eigenvalue weighted by Gasteiger charge is 2.24. The van der Waals surface area contributed by atoms with Crippen LogP contribution in [0.5, 0.6) is 5.75 Å². The van der Waals surface area contributed by atoms with Crippen molar-refractivity contribution in [3.63, 3.8) is 0 Å². The first-order chi connectivity index (χ1) is 12.6. The van der Waals surface area contributed by atoms with Crippen molar-refractivity contribution in [1.29, 1.82) is 0 Å². The summed E-state index contributed by atoms with van der Waals surface area (Å²) in [4.78, 5) is 15.2. The zero-order valence-electron chi connectivity index (χ0n) is 15.1. The third-order valence-corrected chi connectivity index (χ3v) is 5.07. The monoisotopic (exact) mass is 375 g/mol. The summed E-state index contributed by atoms with van der Waals surface area (Å²) >= 11 is 5.94. The Morgan fingerprint density at radius 2 is 1.62 bits per heavy atom. The van der Waals surface area contributed by atoms with Gasteiger partial charge in [-0.1, -0.05) is 23.7 Å². The smallest absolute Gasteiger partial charge is 0.279 e. The van der Waals surface area contributed by atoms with Crippen LogP contribution in [-0.4, -0.2) is 45.7 Å². The topological polar surface area (TPSA) is 47.2 Å². The molecule has 3 N–H and O–H groups in total. The lowest BCUT2D eigenvalue weighted by Gasteiger charge is -2.29. The predicted octanol–water partition coefficient (Wildman–Crippen LogP) is 0.271. The van der Waals surface area contributed by atoms with Crippen molar-refractivity contribution in [3.05, 3.63) is 59.1 Å². The third kappa shape index (κ3) is 5.46. The highest BCUT2D eigenvalue weighted by molar-refractivity contribution is 6.30. The van der Waals surface area contributed by atoms with Crippen LogP contribution >= 0.6 is 11.6 Å². The van der Waals surface area contributed by atoms with Gasteiger partial charge in [0.05, 0.1) is 7.11 Å². The van der Waals surface area contributed by atoms with Crippen LogP contribution in [0.15, 0.2) is 48.5 Å². The van der Waals surface area contributed by atoms with Gasteiger partial charge in [0.25, 0.3) is 5.91 Å². The Morgan fingerprint density at radius 1 is 1.00 bits per heavy atom. The van der Waals surface area contributed by atoms with Gasteiger partial charge in [-0.3, -0.25) is 4.79 Å². The Hall–Kier alpha value is -2.08. The van der Waals surface area contributed by atoms with Crippen LogP contribution < -0.4 is 19.9 Å². The number of hydrogen-bond donors (Lipinski definition) is 3. The number of hydrogen-bond acceptors (Lipinski definition) is 2. The van der Waals surface area contributed by atoms with Crippen molar-refractivity contribution >= 4 is 23.2 Å². The van der Waals surface area contributed by atoms with E-state index in [4.69, 9.17) is 16.3 Å². The normalized spacial score (nSPS) is 19.8. The molecule has 1 saturated heterocycles. The molecule has 0 bridgehead atoms. The molecule has 1 fully saturated rings. The van der Waals surface area contributed by atoms with Gasteiger partial charge in [0.1, 0.15) is 38.5 Å². The average molecular weight is 376 g/mol. The fourth-order valence-corrected chi connectivity index (χ4v) is 3.43. The van der Waals surface area contributed by atoms with Crippen LogP contribution in [0.4, 0.5) is 5.69 Å². The molecule has 2 aromatic rings. The maximum Gasteiger partial charge on any atom is 0.279 e. The second-order valence-corrected chi connectivity index (χ2v) is 7.19. The van der Waals surface area contributed by atoms with Gasteiger partial charge in [0, 0.05) is 16.3 Å². The molecule has 0 saturated carbocycles. The fourth-order valence-electron chi connectivity index (χ4n) is 3.31. The van der Waals surface area contributed by atoms with Gasteiger partial charge in [0.2, 0.25) is 0 Å². The second-order valence-electron chi connectivity index (χ2n) is 6.76. The van der Waals surface area contributed by atoms with Gasteiger partial charge < -0.3 is 19.9 Å². The first-order valence-corrected chi connectivity index (χ1v) is 9.35. The number of ether oxygens (including phenoxy) is 1. The number of halogens is 1. The SMILES string of the molecule is COc1ccc(NC(=O)C[NH+]2CC[NH+](Cc3ccc(Cl)cc3)CC2)cc1. The third-order valence-electron chi connectivity index (χ3n) is 4.82. The van der Waals surface area contributed by atoms with Crippen LogP contribution in [0.3, 0.4) is 0 Å². The minimum atomic E-state index is 0.0614. The van der Waals surface area contributed by atoms with E-state index in [2.05, 4.69) is 17.4 Å². The Balaban J connectivity index is 1.41. The van der Waals surface area contributed by atoms with Crippen molar-refractivity contribution in [2.75, 3.05) is 45.2 Å². The molecular weight excluding hydrogens is 350 g/mol. The quantitative estimate of drug-likeness (QED) is 0.679. The highest BCUT2D eigenvalue weighted by atomic mass is 35.5. The summed E-state index contributed by atoms with van der Waals surface area (Å²) in [7, 11) is 1.63. The van der Waals surface area contributed by atoms with Crippen molar-refractivity contribution in [2.24, 2.45) is 0 Å². The van der Waals surface area contributed by atoms with E-state index in [0.717, 1.165) is 49.2 Å². The number of anilines is 1. The molecule has 5 nitrogen and oxygen atoms in total. The van der Waals surface area contributed by atoms with Crippen LogP contribution in [0.1, 0.15) is 5.56 Å². The number of carbonyl (C=O) groups excluding carboxylic acids is 1. The number of amides is 1. The summed E-state index contributed by atoms with van der Waals surface area (Å²) in [5, 5.41) is 3.74. The standard InChI is InChI=1S/C20H24ClN3O2/c1-26-19-8-6-18(7-9-19)22-20(25)15-24-12-10-23(11-13-24)14-16-2-4-17(21)5-3-16/h2-9H,10-15H2,1H3,(H,22,25)/p+2. The number of piperazine rings is 1. The van der Waals surface area contributed by atoms with E-state index in [9.17, 15) is 4.79 Å². The second kappa shape index (κ2) is 9.03. The van der Waals surface area contributed by atoms with E-state index in [1.54, 1.807) is 12.0 Å². The van der Waals surface area contributed by atoms with E-state index < -0.39 is 0 Å². The molecule has 1 amide bonds. The maximum absolute atomic E-state index is 12.3. The zero-order chi connectivity index (χ0) is 18.4. The molecule has 0 aliphatic carbocycles. The Labute approximate surface area is 159 Å². The molecule has 0 aromatic heterocycles. The Kier molecular flexibility index (Phi) is 6.50. The van der Waals surface area contributed by atoms with Crippen molar-refractivity contribution in [2.45, 2.75) is 6.54 Å². The maximum atomic E-state index is 12.3.